The summed E-state index contributed by atoms with van der Waals surface area (Å²) >= 11 is 0. The molecule has 0 spiro atoms. The highest BCUT2D eigenvalue weighted by molar-refractivity contribution is 6.03. The Morgan fingerprint density at radius 2 is 1.91 bits per heavy atom. The molecule has 0 saturated carbocycles. The van der Waals surface area contributed by atoms with Crippen molar-refractivity contribution in [1.29, 1.82) is 0 Å². The highest BCUT2D eigenvalue weighted by Crippen LogP contribution is 2.25. The van der Waals surface area contributed by atoms with Crippen molar-refractivity contribution in [3.05, 3.63) is 65.9 Å². The molecular formula is C17H14N2O3. The van der Waals surface area contributed by atoms with Crippen LogP contribution in [0.15, 0.2) is 59.1 Å². The third kappa shape index (κ3) is 2.83. The maximum atomic E-state index is 12.2. The lowest BCUT2D eigenvalue weighted by atomic mass is 10.1. The summed E-state index contributed by atoms with van der Waals surface area (Å²) in [6.07, 6.45) is 0. The lowest BCUT2D eigenvalue weighted by Gasteiger charge is -2.06. The number of nitrogens with zero attached hydrogens (tertiary/aromatic N) is 1. The highest BCUT2D eigenvalue weighted by atomic mass is 16.5. The van der Waals surface area contributed by atoms with Crippen LogP contribution in [0.5, 0.6) is 5.75 Å². The van der Waals surface area contributed by atoms with Crippen LogP contribution >= 0.6 is 0 Å². The molecule has 110 valence electrons. The van der Waals surface area contributed by atoms with Crippen molar-refractivity contribution < 1.29 is 14.4 Å². The normalized spacial score (nSPS) is 10.4. The summed E-state index contributed by atoms with van der Waals surface area (Å²) in [6.45, 7) is 1.87. The average molecular weight is 294 g/mol. The second kappa shape index (κ2) is 5.73. The van der Waals surface area contributed by atoms with E-state index in [0.29, 0.717) is 11.4 Å². The number of hydrogen-bond acceptors (Lipinski definition) is 4. The number of phenolic OH excluding ortho intramolecular Hbond substituents is 1. The molecule has 22 heavy (non-hydrogen) atoms. The largest absolute Gasteiger partial charge is 0.506 e. The van der Waals surface area contributed by atoms with Gasteiger partial charge in [-0.15, -0.1) is 0 Å². The number of hydrogen-bond donors (Lipinski definition) is 2. The summed E-state index contributed by atoms with van der Waals surface area (Å²) in [5, 5.41) is 16.3. The molecule has 0 unspecified atom stereocenters. The molecule has 3 rings (SSSR count). The van der Waals surface area contributed by atoms with Crippen molar-refractivity contribution in [3.8, 4) is 17.0 Å². The molecule has 0 aliphatic carbocycles. The zero-order chi connectivity index (χ0) is 15.5. The second-order valence-electron chi connectivity index (χ2n) is 4.92. The van der Waals surface area contributed by atoms with Gasteiger partial charge in [-0.25, -0.2) is 0 Å². The second-order valence-corrected chi connectivity index (χ2v) is 4.92. The van der Waals surface area contributed by atoms with Crippen LogP contribution < -0.4 is 5.32 Å². The Balaban J connectivity index is 1.81. The predicted octanol–water partition coefficient (Wildman–Crippen LogP) is 3.61. The van der Waals surface area contributed by atoms with Gasteiger partial charge in [0.2, 0.25) is 5.76 Å². The van der Waals surface area contributed by atoms with E-state index in [9.17, 15) is 9.90 Å². The smallest absolute Gasteiger partial charge is 0.294 e. The van der Waals surface area contributed by atoms with Gasteiger partial charge in [0.15, 0.2) is 0 Å². The first-order valence-corrected chi connectivity index (χ1v) is 6.76. The molecule has 3 aromatic rings. The summed E-state index contributed by atoms with van der Waals surface area (Å²) in [7, 11) is 0. The molecule has 5 nitrogen and oxygen atoms in total. The first-order chi connectivity index (χ1) is 10.6. The molecule has 0 aliphatic rings. The molecule has 2 N–H and O–H groups in total. The van der Waals surface area contributed by atoms with Gasteiger partial charge in [0.1, 0.15) is 11.4 Å². The van der Waals surface area contributed by atoms with Crippen LogP contribution in [0.2, 0.25) is 0 Å². The number of rotatable bonds is 3. The van der Waals surface area contributed by atoms with E-state index in [0.717, 1.165) is 11.1 Å². The average Bonchev–Trinajstić information content (AvgIpc) is 3.02. The quantitative estimate of drug-likeness (QED) is 0.724. The molecule has 0 bridgehead atoms. The molecule has 0 radical (unpaired) electrons. The van der Waals surface area contributed by atoms with Gasteiger partial charge >= 0.3 is 0 Å². The van der Waals surface area contributed by atoms with E-state index in [1.165, 1.54) is 6.07 Å². The van der Waals surface area contributed by atoms with E-state index in [1.807, 2.05) is 37.3 Å². The number of phenols is 1. The first-order valence-electron chi connectivity index (χ1n) is 6.76. The van der Waals surface area contributed by atoms with Crippen molar-refractivity contribution in [3.63, 3.8) is 0 Å². The lowest BCUT2D eigenvalue weighted by molar-refractivity contribution is 0.0987. The Bertz CT molecular complexity index is 810. The molecule has 2 aromatic carbocycles. The lowest BCUT2D eigenvalue weighted by Crippen LogP contribution is -2.11. The van der Waals surface area contributed by atoms with Gasteiger partial charge in [-0.05, 0) is 24.6 Å². The Hall–Kier alpha value is -3.08. The molecule has 0 saturated heterocycles. The summed E-state index contributed by atoms with van der Waals surface area (Å²) in [4.78, 5) is 12.2. The first kappa shape index (κ1) is 13.9. The standard InChI is InChI=1S/C17H14N2O3/c1-11-7-8-15(20)14(9-11)18-17(21)16-10-13(19-22-16)12-5-3-2-4-6-12/h2-10,20H,1H3,(H,18,21). The maximum Gasteiger partial charge on any atom is 0.294 e. The molecule has 1 amide bonds. The maximum absolute atomic E-state index is 12.2. The number of aromatic nitrogens is 1. The van der Waals surface area contributed by atoms with Crippen LogP contribution in [-0.2, 0) is 0 Å². The monoisotopic (exact) mass is 294 g/mol. The third-order valence-corrected chi connectivity index (χ3v) is 3.20. The Morgan fingerprint density at radius 3 is 2.68 bits per heavy atom. The SMILES string of the molecule is Cc1ccc(O)c(NC(=O)c2cc(-c3ccccc3)no2)c1. The van der Waals surface area contributed by atoms with Gasteiger partial charge in [0.05, 0.1) is 5.69 Å². The minimum Gasteiger partial charge on any atom is -0.506 e. The van der Waals surface area contributed by atoms with Crippen molar-refractivity contribution in [2.75, 3.05) is 5.32 Å². The van der Waals surface area contributed by atoms with Gasteiger partial charge in [0.25, 0.3) is 5.91 Å². The fourth-order valence-electron chi connectivity index (χ4n) is 2.06. The van der Waals surface area contributed by atoms with Gasteiger partial charge in [0, 0.05) is 11.6 Å². The minimum atomic E-state index is -0.462. The fourth-order valence-corrected chi connectivity index (χ4v) is 2.06. The Labute approximate surface area is 127 Å². The molecule has 0 fully saturated rings. The van der Waals surface area contributed by atoms with Crippen LogP contribution in [0.4, 0.5) is 5.69 Å². The van der Waals surface area contributed by atoms with Crippen molar-refractivity contribution >= 4 is 11.6 Å². The van der Waals surface area contributed by atoms with Crippen LogP contribution in [0.25, 0.3) is 11.3 Å². The topological polar surface area (TPSA) is 75.4 Å². The highest BCUT2D eigenvalue weighted by Gasteiger charge is 2.15. The number of carbonyl (C=O) groups excluding carboxylic acids is 1. The van der Waals surface area contributed by atoms with E-state index in [4.69, 9.17) is 4.52 Å². The predicted molar refractivity (Wildman–Crippen MR) is 82.7 cm³/mol. The van der Waals surface area contributed by atoms with Crippen LogP contribution in [0, 0.1) is 6.92 Å². The number of anilines is 1. The van der Waals surface area contributed by atoms with Crippen LogP contribution in [0.1, 0.15) is 16.1 Å². The molecule has 0 atom stereocenters. The number of nitrogens with one attached hydrogen (secondary N) is 1. The summed E-state index contributed by atoms with van der Waals surface area (Å²) in [5.74, 6) is -0.378. The number of carbonyl (C=O) groups is 1. The van der Waals surface area contributed by atoms with Crippen molar-refractivity contribution in [2.24, 2.45) is 0 Å². The number of aromatic hydroxyl groups is 1. The van der Waals surface area contributed by atoms with Gasteiger partial charge < -0.3 is 14.9 Å². The van der Waals surface area contributed by atoms with Crippen LogP contribution in [0.3, 0.4) is 0 Å². The van der Waals surface area contributed by atoms with Gasteiger partial charge in [-0.3, -0.25) is 4.79 Å². The van der Waals surface area contributed by atoms with Crippen molar-refractivity contribution in [1.82, 2.24) is 5.16 Å². The van der Waals surface area contributed by atoms with E-state index in [1.54, 1.807) is 18.2 Å². The Morgan fingerprint density at radius 1 is 1.14 bits per heavy atom. The summed E-state index contributed by atoms with van der Waals surface area (Å²) in [5.41, 5.74) is 2.71. The number of benzene rings is 2. The molecular weight excluding hydrogens is 280 g/mol. The van der Waals surface area contributed by atoms with E-state index in [-0.39, 0.29) is 11.5 Å². The molecule has 0 aliphatic heterocycles. The molecule has 5 heteroatoms. The van der Waals surface area contributed by atoms with E-state index in [2.05, 4.69) is 10.5 Å². The number of aryl methyl sites for hydroxylation is 1. The minimum absolute atomic E-state index is 0.00162. The van der Waals surface area contributed by atoms with Crippen molar-refractivity contribution in [2.45, 2.75) is 6.92 Å². The van der Waals surface area contributed by atoms with Gasteiger partial charge in [-0.1, -0.05) is 41.6 Å². The molecule has 1 heterocycles. The summed E-state index contributed by atoms with van der Waals surface area (Å²) < 4.78 is 5.08. The third-order valence-electron chi connectivity index (χ3n) is 3.20. The van der Waals surface area contributed by atoms with Crippen LogP contribution in [-0.4, -0.2) is 16.2 Å². The zero-order valence-corrected chi connectivity index (χ0v) is 11.9. The van der Waals surface area contributed by atoms with Gasteiger partial charge in [-0.2, -0.15) is 0 Å². The molecule has 1 aromatic heterocycles. The Kier molecular flexibility index (Phi) is 3.62. The van der Waals surface area contributed by atoms with E-state index < -0.39 is 5.91 Å². The number of amides is 1. The fraction of sp³-hybridized carbons (Fsp3) is 0.0588. The zero-order valence-electron chi connectivity index (χ0n) is 11.9. The van der Waals surface area contributed by atoms with E-state index >= 15 is 0 Å². The summed E-state index contributed by atoms with van der Waals surface area (Å²) in [6, 6.07) is 16.0.